The van der Waals surface area contributed by atoms with Crippen molar-refractivity contribution < 1.29 is 22.7 Å². The van der Waals surface area contributed by atoms with Crippen molar-refractivity contribution in [2.75, 3.05) is 19.0 Å². The van der Waals surface area contributed by atoms with Crippen molar-refractivity contribution in [1.82, 2.24) is 14.7 Å². The lowest BCUT2D eigenvalue weighted by Gasteiger charge is -2.28. The van der Waals surface area contributed by atoms with Gasteiger partial charge in [0.05, 0.1) is 18.5 Å². The number of methoxy groups -OCH3 is 1. The molecule has 174 valence electrons. The Hall–Kier alpha value is -3.04. The molecule has 33 heavy (non-hydrogen) atoms. The zero-order valence-electron chi connectivity index (χ0n) is 17.8. The van der Waals surface area contributed by atoms with Gasteiger partial charge in [0.2, 0.25) is 5.91 Å². The average molecular weight is 479 g/mol. The van der Waals surface area contributed by atoms with E-state index in [1.54, 1.807) is 12.1 Å². The Morgan fingerprint density at radius 1 is 1.21 bits per heavy atom. The Balaban J connectivity index is 1.57. The third-order valence-corrected chi connectivity index (χ3v) is 5.70. The number of anilines is 1. The van der Waals surface area contributed by atoms with E-state index >= 15 is 0 Å². The van der Waals surface area contributed by atoms with Crippen LogP contribution in [0.5, 0.6) is 5.75 Å². The lowest BCUT2D eigenvalue weighted by atomic mass is 10.0. The van der Waals surface area contributed by atoms with Crippen LogP contribution in [0.4, 0.5) is 18.9 Å². The number of fused-ring (bicyclic) bond motifs is 1. The summed E-state index contributed by atoms with van der Waals surface area (Å²) in [4.78, 5) is 14.8. The van der Waals surface area contributed by atoms with Crippen LogP contribution in [0.1, 0.15) is 22.5 Å². The minimum absolute atomic E-state index is 0.153. The summed E-state index contributed by atoms with van der Waals surface area (Å²) in [7, 11) is 1.44. The van der Waals surface area contributed by atoms with E-state index in [0.717, 1.165) is 10.2 Å². The molecular formula is C23H22ClF3N4O2. The first-order chi connectivity index (χ1) is 15.7. The number of benzene rings is 2. The Morgan fingerprint density at radius 2 is 1.97 bits per heavy atom. The van der Waals surface area contributed by atoms with E-state index in [0.29, 0.717) is 35.2 Å². The molecule has 0 aliphatic carbocycles. The van der Waals surface area contributed by atoms with E-state index in [2.05, 4.69) is 10.4 Å². The lowest BCUT2D eigenvalue weighted by molar-refractivity contribution is -0.142. The summed E-state index contributed by atoms with van der Waals surface area (Å²) >= 11 is 5.99. The molecule has 4 rings (SSSR count). The van der Waals surface area contributed by atoms with Gasteiger partial charge in [0.15, 0.2) is 5.69 Å². The second-order valence-corrected chi connectivity index (χ2v) is 8.20. The quantitative estimate of drug-likeness (QED) is 0.555. The molecule has 3 aromatic rings. The molecule has 0 atom stereocenters. The van der Waals surface area contributed by atoms with E-state index in [-0.39, 0.29) is 25.1 Å². The molecule has 0 unspecified atom stereocenters. The van der Waals surface area contributed by atoms with Gasteiger partial charge in [-0.2, -0.15) is 18.3 Å². The SMILES string of the molecule is COc1ccc(Cl)cc1NC(=O)Cn1nc(C(F)(F)F)c2c1CN(Cc1ccccc1)CC2. The first-order valence-electron chi connectivity index (χ1n) is 10.3. The van der Waals surface area contributed by atoms with Gasteiger partial charge in [0.1, 0.15) is 12.3 Å². The van der Waals surface area contributed by atoms with Crippen LogP contribution >= 0.6 is 11.6 Å². The van der Waals surface area contributed by atoms with Crippen molar-refractivity contribution >= 4 is 23.2 Å². The number of nitrogens with one attached hydrogen (secondary N) is 1. The molecule has 1 amide bonds. The van der Waals surface area contributed by atoms with E-state index < -0.39 is 17.8 Å². The third-order valence-electron chi connectivity index (χ3n) is 5.46. The van der Waals surface area contributed by atoms with E-state index in [4.69, 9.17) is 16.3 Å². The first kappa shape index (κ1) is 23.1. The number of carbonyl (C=O) groups is 1. The molecule has 1 aliphatic rings. The largest absolute Gasteiger partial charge is 0.495 e. The van der Waals surface area contributed by atoms with Crippen LogP contribution in [-0.2, 0) is 37.0 Å². The Morgan fingerprint density at radius 3 is 2.67 bits per heavy atom. The molecule has 2 heterocycles. The normalized spacial score (nSPS) is 14.1. The van der Waals surface area contributed by atoms with Gasteiger partial charge in [0.25, 0.3) is 0 Å². The van der Waals surface area contributed by atoms with Crippen LogP contribution in [0, 0.1) is 0 Å². The molecule has 0 saturated heterocycles. The number of hydrogen-bond donors (Lipinski definition) is 1. The fourth-order valence-corrected chi connectivity index (χ4v) is 4.15. The number of rotatable bonds is 6. The standard InChI is InChI=1S/C23H22ClF3N4O2/c1-33-20-8-7-16(24)11-18(20)28-21(32)14-31-19-13-30(12-15-5-3-2-4-6-15)10-9-17(19)22(29-31)23(25,26)27/h2-8,11H,9-10,12-14H2,1H3,(H,28,32). The summed E-state index contributed by atoms with van der Waals surface area (Å²) in [5.74, 6) is -0.143. The van der Waals surface area contributed by atoms with Crippen LogP contribution in [0.3, 0.4) is 0 Å². The van der Waals surface area contributed by atoms with Gasteiger partial charge in [-0.05, 0) is 30.2 Å². The van der Waals surface area contributed by atoms with Crippen LogP contribution in [0.25, 0.3) is 0 Å². The number of carbonyl (C=O) groups excluding carboxylic acids is 1. The molecule has 0 radical (unpaired) electrons. The van der Waals surface area contributed by atoms with E-state index in [9.17, 15) is 18.0 Å². The summed E-state index contributed by atoms with van der Waals surface area (Å²) in [5.41, 5.74) is 1.02. The smallest absolute Gasteiger partial charge is 0.435 e. The van der Waals surface area contributed by atoms with Gasteiger partial charge < -0.3 is 10.1 Å². The van der Waals surface area contributed by atoms with Crippen molar-refractivity contribution in [1.29, 1.82) is 0 Å². The maximum absolute atomic E-state index is 13.6. The fraction of sp³-hybridized carbons (Fsp3) is 0.304. The second kappa shape index (κ2) is 9.44. The number of aromatic nitrogens is 2. The van der Waals surface area contributed by atoms with Crippen molar-refractivity contribution in [3.05, 3.63) is 76.1 Å². The molecule has 0 bridgehead atoms. The predicted molar refractivity (Wildman–Crippen MR) is 118 cm³/mol. The van der Waals surface area contributed by atoms with Gasteiger partial charge in [-0.1, -0.05) is 41.9 Å². The van der Waals surface area contributed by atoms with Crippen LogP contribution in [-0.4, -0.2) is 34.2 Å². The summed E-state index contributed by atoms with van der Waals surface area (Å²) in [6.45, 7) is 0.968. The Bertz CT molecular complexity index is 1150. The molecule has 0 saturated carbocycles. The number of halogens is 4. The molecule has 1 aliphatic heterocycles. The molecule has 1 N–H and O–H groups in total. The van der Waals surface area contributed by atoms with Gasteiger partial charge >= 0.3 is 6.18 Å². The van der Waals surface area contributed by atoms with Crippen molar-refractivity contribution in [2.24, 2.45) is 0 Å². The highest BCUT2D eigenvalue weighted by Crippen LogP contribution is 2.35. The number of nitrogens with zero attached hydrogens (tertiary/aromatic N) is 3. The summed E-state index contributed by atoms with van der Waals surface area (Å²) in [5, 5.41) is 6.83. The third kappa shape index (κ3) is 5.31. The summed E-state index contributed by atoms with van der Waals surface area (Å²) in [6.07, 6.45) is -4.38. The zero-order valence-corrected chi connectivity index (χ0v) is 18.6. The first-order valence-corrected chi connectivity index (χ1v) is 10.7. The van der Waals surface area contributed by atoms with Gasteiger partial charge in [-0.25, -0.2) is 0 Å². The van der Waals surface area contributed by atoms with Crippen molar-refractivity contribution in [3.8, 4) is 5.75 Å². The Kier molecular flexibility index (Phi) is 6.62. The molecule has 6 nitrogen and oxygen atoms in total. The highest BCUT2D eigenvalue weighted by molar-refractivity contribution is 6.31. The van der Waals surface area contributed by atoms with Gasteiger partial charge in [0, 0.05) is 30.2 Å². The maximum atomic E-state index is 13.6. The average Bonchev–Trinajstić information content (AvgIpc) is 3.13. The molecule has 0 fully saturated rings. The molecular weight excluding hydrogens is 457 g/mol. The van der Waals surface area contributed by atoms with Crippen molar-refractivity contribution in [2.45, 2.75) is 32.2 Å². The number of ether oxygens (including phenoxy) is 1. The summed E-state index contributed by atoms with van der Waals surface area (Å²) < 4.78 is 47.3. The second-order valence-electron chi connectivity index (χ2n) is 7.77. The van der Waals surface area contributed by atoms with Gasteiger partial charge in [-0.3, -0.25) is 14.4 Å². The number of amides is 1. The molecule has 2 aromatic carbocycles. The molecule has 1 aromatic heterocycles. The number of hydrogen-bond acceptors (Lipinski definition) is 4. The highest BCUT2D eigenvalue weighted by Gasteiger charge is 2.40. The lowest BCUT2D eigenvalue weighted by Crippen LogP contribution is -2.32. The van der Waals surface area contributed by atoms with E-state index in [1.165, 1.54) is 13.2 Å². The minimum Gasteiger partial charge on any atom is -0.495 e. The van der Waals surface area contributed by atoms with Crippen molar-refractivity contribution in [3.63, 3.8) is 0 Å². The summed E-state index contributed by atoms with van der Waals surface area (Å²) in [6, 6.07) is 14.4. The topological polar surface area (TPSA) is 59.4 Å². The minimum atomic E-state index is -4.59. The van der Waals surface area contributed by atoms with Crippen LogP contribution in [0.15, 0.2) is 48.5 Å². The van der Waals surface area contributed by atoms with E-state index in [1.807, 2.05) is 35.2 Å². The monoisotopic (exact) mass is 478 g/mol. The maximum Gasteiger partial charge on any atom is 0.435 e. The zero-order chi connectivity index (χ0) is 23.6. The number of alkyl halides is 3. The predicted octanol–water partition coefficient (Wildman–Crippen LogP) is 4.76. The van der Waals surface area contributed by atoms with Crippen LogP contribution < -0.4 is 10.1 Å². The van der Waals surface area contributed by atoms with Gasteiger partial charge in [-0.15, -0.1) is 0 Å². The van der Waals surface area contributed by atoms with Crippen LogP contribution in [0.2, 0.25) is 5.02 Å². The molecule has 0 spiro atoms. The molecule has 10 heteroatoms. The Labute approximate surface area is 193 Å². The fourth-order valence-electron chi connectivity index (χ4n) is 3.97. The highest BCUT2D eigenvalue weighted by atomic mass is 35.5.